The lowest BCUT2D eigenvalue weighted by Gasteiger charge is -2.24. The predicted molar refractivity (Wildman–Crippen MR) is 160 cm³/mol. The average Bonchev–Trinajstić information content (AvgIpc) is 3.68. The highest BCUT2D eigenvalue weighted by Gasteiger charge is 2.21. The minimum Gasteiger partial charge on any atom is -0.366 e. The van der Waals surface area contributed by atoms with E-state index in [4.69, 9.17) is 10.7 Å². The number of amides is 1. The zero-order valence-corrected chi connectivity index (χ0v) is 22.5. The highest BCUT2D eigenvalue weighted by molar-refractivity contribution is 6.15. The summed E-state index contributed by atoms with van der Waals surface area (Å²) in [7, 11) is 1.91. The number of rotatable bonds is 6. The molecule has 1 amide bonds. The van der Waals surface area contributed by atoms with Crippen molar-refractivity contribution in [1.82, 2.24) is 24.1 Å². The number of carbonyl (C=O) groups excluding carboxylic acids is 1. The molecule has 0 aliphatic carbocycles. The van der Waals surface area contributed by atoms with Gasteiger partial charge in [-0.3, -0.25) is 4.79 Å². The molecule has 0 bridgehead atoms. The van der Waals surface area contributed by atoms with Gasteiger partial charge in [-0.05, 0) is 55.5 Å². The molecule has 3 aromatic heterocycles. The second-order valence-electron chi connectivity index (χ2n) is 10.0. The molecule has 0 unspecified atom stereocenters. The van der Waals surface area contributed by atoms with Crippen LogP contribution in [-0.4, -0.2) is 36.5 Å². The van der Waals surface area contributed by atoms with Crippen LogP contribution in [0.25, 0.3) is 49.9 Å². The second kappa shape index (κ2) is 9.34. The molecule has 3 N–H and O–H groups in total. The lowest BCUT2D eigenvalue weighted by atomic mass is 10.1. The molecule has 7 rings (SSSR count). The number of aromatic amines is 1. The van der Waals surface area contributed by atoms with Crippen molar-refractivity contribution in [3.05, 3.63) is 103 Å². The van der Waals surface area contributed by atoms with Gasteiger partial charge in [0.05, 0.1) is 39.6 Å². The molecule has 0 saturated heterocycles. The fourth-order valence-electron chi connectivity index (χ4n) is 5.69. The third kappa shape index (κ3) is 3.93. The van der Waals surface area contributed by atoms with E-state index < -0.39 is 5.91 Å². The standard InChI is InChI=1S/C32H26FN7O/c1-3-39(29-17-38(2)18-35-29)28-16-20(12-13-22(28)31(34)41)40-26-9-5-4-7-21(26)30-23(8-6-10-27(30)40)32-36-24-14-11-19(33)15-25(24)37-32/h4-18H,3H2,1-2H3,(H2,34,41)(H,36,37). The van der Waals surface area contributed by atoms with Crippen LogP contribution in [0.15, 0.2) is 91.4 Å². The summed E-state index contributed by atoms with van der Waals surface area (Å²) in [5.74, 6) is 0.563. The molecule has 0 saturated carbocycles. The Kier molecular flexibility index (Phi) is 5.60. The third-order valence-electron chi connectivity index (χ3n) is 7.48. The van der Waals surface area contributed by atoms with Crippen LogP contribution in [0.4, 0.5) is 15.9 Å². The van der Waals surface area contributed by atoms with E-state index in [1.54, 1.807) is 18.5 Å². The topological polar surface area (TPSA) is 97.8 Å². The first kappa shape index (κ1) is 24.6. The summed E-state index contributed by atoms with van der Waals surface area (Å²) < 4.78 is 18.0. The molecule has 0 aliphatic rings. The Balaban J connectivity index is 1.49. The van der Waals surface area contributed by atoms with Crippen molar-refractivity contribution < 1.29 is 9.18 Å². The van der Waals surface area contributed by atoms with Crippen LogP contribution >= 0.6 is 0 Å². The Morgan fingerprint density at radius 3 is 2.63 bits per heavy atom. The number of benzene rings is 4. The molecule has 202 valence electrons. The Morgan fingerprint density at radius 1 is 1.02 bits per heavy atom. The number of fused-ring (bicyclic) bond motifs is 4. The minimum atomic E-state index is -0.508. The third-order valence-corrected chi connectivity index (χ3v) is 7.48. The first-order valence-electron chi connectivity index (χ1n) is 13.3. The van der Waals surface area contributed by atoms with Gasteiger partial charge in [-0.15, -0.1) is 0 Å². The van der Waals surface area contributed by atoms with Crippen molar-refractivity contribution in [3.63, 3.8) is 0 Å². The average molecular weight is 544 g/mol. The number of aryl methyl sites for hydroxylation is 1. The molecule has 0 spiro atoms. The van der Waals surface area contributed by atoms with Crippen molar-refractivity contribution >= 4 is 50.3 Å². The molecular formula is C32H26FN7O. The number of halogens is 1. The van der Waals surface area contributed by atoms with E-state index in [-0.39, 0.29) is 5.82 Å². The minimum absolute atomic E-state index is 0.315. The lowest BCUT2D eigenvalue weighted by molar-refractivity contribution is 0.100. The van der Waals surface area contributed by atoms with Crippen LogP contribution in [-0.2, 0) is 7.05 Å². The Hall–Kier alpha value is -5.44. The van der Waals surface area contributed by atoms with Crippen molar-refractivity contribution in [2.75, 3.05) is 11.4 Å². The molecule has 3 heterocycles. The molecule has 7 aromatic rings. The van der Waals surface area contributed by atoms with Gasteiger partial charge in [0.15, 0.2) is 5.82 Å². The number of imidazole rings is 2. The molecular weight excluding hydrogens is 517 g/mol. The van der Waals surface area contributed by atoms with Gasteiger partial charge in [-0.25, -0.2) is 14.4 Å². The normalized spacial score (nSPS) is 11.6. The van der Waals surface area contributed by atoms with E-state index in [0.29, 0.717) is 34.7 Å². The maximum absolute atomic E-state index is 13.9. The molecule has 0 fully saturated rings. The van der Waals surface area contributed by atoms with Gasteiger partial charge in [0.25, 0.3) is 5.91 Å². The number of nitrogens with zero attached hydrogens (tertiary/aromatic N) is 5. The fourth-order valence-corrected chi connectivity index (χ4v) is 5.69. The SMILES string of the molecule is CCN(c1cn(C)cn1)c1cc(-n2c3ccccc3c3c(-c4nc5ccc(F)cc5[nH]4)cccc32)ccc1C(N)=O. The first-order valence-corrected chi connectivity index (χ1v) is 13.3. The number of nitrogens with two attached hydrogens (primary N) is 1. The maximum Gasteiger partial charge on any atom is 0.250 e. The number of para-hydroxylation sites is 1. The van der Waals surface area contributed by atoms with Crippen LogP contribution in [0, 0.1) is 5.82 Å². The van der Waals surface area contributed by atoms with Crippen LogP contribution in [0.2, 0.25) is 0 Å². The Morgan fingerprint density at radius 2 is 1.85 bits per heavy atom. The molecule has 4 aromatic carbocycles. The summed E-state index contributed by atoms with van der Waals surface area (Å²) in [4.78, 5) is 27.1. The van der Waals surface area contributed by atoms with E-state index in [1.165, 1.54) is 12.1 Å². The molecule has 8 nitrogen and oxygen atoms in total. The predicted octanol–water partition coefficient (Wildman–Crippen LogP) is 6.46. The van der Waals surface area contributed by atoms with E-state index in [1.807, 2.05) is 66.0 Å². The van der Waals surface area contributed by atoms with E-state index in [2.05, 4.69) is 32.7 Å². The molecule has 0 radical (unpaired) electrons. The maximum atomic E-state index is 13.9. The van der Waals surface area contributed by atoms with Gasteiger partial charge in [0, 0.05) is 41.8 Å². The quantitative estimate of drug-likeness (QED) is 0.252. The van der Waals surface area contributed by atoms with E-state index in [0.717, 1.165) is 38.9 Å². The van der Waals surface area contributed by atoms with Gasteiger partial charge >= 0.3 is 0 Å². The van der Waals surface area contributed by atoms with Crippen molar-refractivity contribution in [1.29, 1.82) is 0 Å². The Bertz CT molecular complexity index is 2120. The lowest BCUT2D eigenvalue weighted by Crippen LogP contribution is -2.22. The number of aromatic nitrogens is 5. The fraction of sp³-hybridized carbons (Fsp3) is 0.0938. The summed E-state index contributed by atoms with van der Waals surface area (Å²) in [6.45, 7) is 2.60. The Labute approximate surface area is 234 Å². The number of primary amides is 1. The van der Waals surface area contributed by atoms with Gasteiger partial charge in [-0.2, -0.15) is 0 Å². The second-order valence-corrected chi connectivity index (χ2v) is 10.0. The molecule has 0 atom stereocenters. The van der Waals surface area contributed by atoms with Crippen molar-refractivity contribution in [2.45, 2.75) is 6.92 Å². The van der Waals surface area contributed by atoms with Crippen LogP contribution in [0.5, 0.6) is 0 Å². The summed E-state index contributed by atoms with van der Waals surface area (Å²) in [6, 6.07) is 24.5. The summed E-state index contributed by atoms with van der Waals surface area (Å²) in [5.41, 5.74) is 12.0. The van der Waals surface area contributed by atoms with Crippen LogP contribution < -0.4 is 10.6 Å². The van der Waals surface area contributed by atoms with Gasteiger partial charge in [-0.1, -0.05) is 30.3 Å². The zero-order valence-electron chi connectivity index (χ0n) is 22.5. The van der Waals surface area contributed by atoms with Crippen LogP contribution in [0.3, 0.4) is 0 Å². The van der Waals surface area contributed by atoms with Crippen molar-refractivity contribution in [2.24, 2.45) is 12.8 Å². The van der Waals surface area contributed by atoms with Crippen molar-refractivity contribution in [3.8, 4) is 17.1 Å². The number of nitrogens with one attached hydrogen (secondary N) is 1. The smallest absolute Gasteiger partial charge is 0.250 e. The number of hydrogen-bond acceptors (Lipinski definition) is 4. The van der Waals surface area contributed by atoms with Gasteiger partial charge in [0.2, 0.25) is 0 Å². The number of anilines is 2. The van der Waals surface area contributed by atoms with Gasteiger partial charge in [0.1, 0.15) is 11.6 Å². The molecule has 9 heteroatoms. The van der Waals surface area contributed by atoms with E-state index in [9.17, 15) is 9.18 Å². The number of carbonyl (C=O) groups is 1. The van der Waals surface area contributed by atoms with E-state index >= 15 is 0 Å². The van der Waals surface area contributed by atoms with Crippen LogP contribution in [0.1, 0.15) is 17.3 Å². The van der Waals surface area contributed by atoms with Gasteiger partial charge < -0.3 is 24.8 Å². The highest BCUT2D eigenvalue weighted by atomic mass is 19.1. The molecule has 41 heavy (non-hydrogen) atoms. The number of hydrogen-bond donors (Lipinski definition) is 2. The summed E-state index contributed by atoms with van der Waals surface area (Å²) in [6.07, 6.45) is 3.64. The monoisotopic (exact) mass is 543 g/mol. The zero-order chi connectivity index (χ0) is 28.2. The molecule has 0 aliphatic heterocycles. The summed E-state index contributed by atoms with van der Waals surface area (Å²) in [5, 5.41) is 2.06. The largest absolute Gasteiger partial charge is 0.366 e. The first-order chi connectivity index (χ1) is 19.9. The highest BCUT2D eigenvalue weighted by Crippen LogP contribution is 2.39. The number of H-pyrrole nitrogens is 1. The summed E-state index contributed by atoms with van der Waals surface area (Å²) >= 11 is 0.